The number of anilines is 1. The number of para-hydroxylation sites is 1. The Morgan fingerprint density at radius 2 is 1.82 bits per heavy atom. The summed E-state index contributed by atoms with van der Waals surface area (Å²) in [7, 11) is 0. The Bertz CT molecular complexity index is 1030. The zero-order valence-corrected chi connectivity index (χ0v) is 15.3. The molecule has 28 heavy (non-hydrogen) atoms. The number of nitrogens with zero attached hydrogens (tertiary/aromatic N) is 2. The second kappa shape index (κ2) is 7.32. The van der Waals surface area contributed by atoms with Crippen LogP contribution in [0.4, 0.5) is 10.1 Å². The summed E-state index contributed by atoms with van der Waals surface area (Å²) in [6.07, 6.45) is 0.573. The van der Waals surface area contributed by atoms with E-state index in [1.807, 2.05) is 37.3 Å². The third kappa shape index (κ3) is 3.18. The molecule has 5 nitrogen and oxygen atoms in total. The Labute approximate surface area is 162 Å². The quantitative estimate of drug-likeness (QED) is 0.737. The predicted octanol–water partition coefficient (Wildman–Crippen LogP) is 3.39. The van der Waals surface area contributed by atoms with E-state index in [4.69, 9.17) is 5.73 Å². The topological polar surface area (TPSA) is 80.4 Å². The maximum Gasteiger partial charge on any atom is 0.263 e. The standard InChI is InChI=1S/C22H19FN4O/c1-13-7-6-12-25-19(13)18(14-8-2-4-10-16(14)23)20-15-9-3-5-11-17(15)26-22(28)21(24)27-20/h2-12,18,21H,24H2,1H3,(H,26,28)/t18?,21-/m0/s1. The first kappa shape index (κ1) is 18.0. The molecule has 0 aliphatic carbocycles. The lowest BCUT2D eigenvalue weighted by molar-refractivity contribution is -0.117. The monoisotopic (exact) mass is 374 g/mol. The summed E-state index contributed by atoms with van der Waals surface area (Å²) in [5.74, 6) is -1.38. The molecule has 0 radical (unpaired) electrons. The Balaban J connectivity index is 2.02. The Kier molecular flexibility index (Phi) is 4.71. The molecule has 140 valence electrons. The van der Waals surface area contributed by atoms with Gasteiger partial charge in [-0.25, -0.2) is 4.39 Å². The van der Waals surface area contributed by atoms with E-state index in [1.54, 1.807) is 30.5 Å². The van der Waals surface area contributed by atoms with Crippen molar-refractivity contribution in [3.05, 3.63) is 95.1 Å². The average molecular weight is 374 g/mol. The lowest BCUT2D eigenvalue weighted by Crippen LogP contribution is -2.33. The molecule has 4 rings (SSSR count). The number of fused-ring (bicyclic) bond motifs is 1. The van der Waals surface area contributed by atoms with E-state index in [9.17, 15) is 9.18 Å². The number of carbonyl (C=O) groups is 1. The minimum atomic E-state index is -1.10. The summed E-state index contributed by atoms with van der Waals surface area (Å²) in [6.45, 7) is 1.92. The molecule has 3 aromatic rings. The van der Waals surface area contributed by atoms with Gasteiger partial charge in [-0.2, -0.15) is 0 Å². The number of hydrogen-bond acceptors (Lipinski definition) is 4. The van der Waals surface area contributed by atoms with Gasteiger partial charge in [0.15, 0.2) is 6.17 Å². The molecule has 1 amide bonds. The van der Waals surface area contributed by atoms with Gasteiger partial charge in [-0.3, -0.25) is 14.8 Å². The maximum atomic E-state index is 14.9. The molecule has 1 aliphatic heterocycles. The van der Waals surface area contributed by atoms with Crippen molar-refractivity contribution in [3.63, 3.8) is 0 Å². The molecular weight excluding hydrogens is 355 g/mol. The second-order valence-electron chi connectivity index (χ2n) is 6.65. The number of hydrogen-bond donors (Lipinski definition) is 2. The van der Waals surface area contributed by atoms with Crippen LogP contribution in [0.2, 0.25) is 0 Å². The number of benzodiazepines with no additional fused rings is 1. The van der Waals surface area contributed by atoms with Gasteiger partial charge in [0.1, 0.15) is 5.82 Å². The summed E-state index contributed by atoms with van der Waals surface area (Å²) in [5.41, 5.74) is 9.80. The van der Waals surface area contributed by atoms with Crippen LogP contribution in [0.1, 0.15) is 28.3 Å². The first-order chi connectivity index (χ1) is 13.6. The van der Waals surface area contributed by atoms with E-state index < -0.39 is 18.0 Å². The SMILES string of the molecule is Cc1cccnc1C(C1=N[C@H](N)C(=O)Nc2ccccc21)c1ccccc1F. The number of halogens is 1. The highest BCUT2D eigenvalue weighted by Crippen LogP contribution is 2.34. The van der Waals surface area contributed by atoms with Gasteiger partial charge >= 0.3 is 0 Å². The van der Waals surface area contributed by atoms with Crippen LogP contribution in [0.25, 0.3) is 0 Å². The third-order valence-corrected chi connectivity index (χ3v) is 4.82. The Morgan fingerprint density at radius 3 is 2.61 bits per heavy atom. The van der Waals surface area contributed by atoms with E-state index in [1.165, 1.54) is 6.07 Å². The predicted molar refractivity (Wildman–Crippen MR) is 107 cm³/mol. The van der Waals surface area contributed by atoms with Crippen LogP contribution in [0, 0.1) is 12.7 Å². The average Bonchev–Trinajstić information content (AvgIpc) is 2.82. The molecule has 1 aromatic heterocycles. The number of nitrogens with two attached hydrogens (primary N) is 1. The molecule has 6 heteroatoms. The highest BCUT2D eigenvalue weighted by Gasteiger charge is 2.32. The van der Waals surface area contributed by atoms with Crippen molar-refractivity contribution in [2.45, 2.75) is 19.0 Å². The molecule has 0 saturated carbocycles. The highest BCUT2D eigenvalue weighted by molar-refractivity contribution is 6.15. The fourth-order valence-electron chi connectivity index (χ4n) is 3.46. The summed E-state index contributed by atoms with van der Waals surface area (Å²) in [5, 5.41) is 2.80. The molecule has 2 aromatic carbocycles. The van der Waals surface area contributed by atoms with Crippen LogP contribution in [0.3, 0.4) is 0 Å². The van der Waals surface area contributed by atoms with Gasteiger partial charge in [0, 0.05) is 23.0 Å². The van der Waals surface area contributed by atoms with E-state index in [2.05, 4.69) is 15.3 Å². The Morgan fingerprint density at radius 1 is 1.07 bits per heavy atom. The van der Waals surface area contributed by atoms with Crippen LogP contribution in [-0.2, 0) is 4.79 Å². The number of benzene rings is 2. The highest BCUT2D eigenvalue weighted by atomic mass is 19.1. The summed E-state index contributed by atoms with van der Waals surface area (Å²) in [6, 6.07) is 17.6. The van der Waals surface area contributed by atoms with Gasteiger partial charge in [-0.1, -0.05) is 42.5 Å². The van der Waals surface area contributed by atoms with Crippen LogP contribution in [-0.4, -0.2) is 22.8 Å². The second-order valence-corrected chi connectivity index (χ2v) is 6.65. The largest absolute Gasteiger partial charge is 0.322 e. The van der Waals surface area contributed by atoms with Gasteiger partial charge in [0.25, 0.3) is 5.91 Å². The maximum absolute atomic E-state index is 14.9. The van der Waals surface area contributed by atoms with E-state index in [-0.39, 0.29) is 5.82 Å². The smallest absolute Gasteiger partial charge is 0.263 e. The minimum Gasteiger partial charge on any atom is -0.322 e. The summed E-state index contributed by atoms with van der Waals surface area (Å²) in [4.78, 5) is 21.4. The number of pyridine rings is 1. The van der Waals surface area contributed by atoms with Crippen LogP contribution in [0.5, 0.6) is 0 Å². The number of nitrogens with one attached hydrogen (secondary N) is 1. The van der Waals surface area contributed by atoms with E-state index in [0.717, 1.165) is 5.56 Å². The molecular formula is C22H19FN4O. The normalized spacial score (nSPS) is 17.2. The molecule has 0 saturated heterocycles. The lowest BCUT2D eigenvalue weighted by Gasteiger charge is -2.22. The van der Waals surface area contributed by atoms with Crippen molar-refractivity contribution in [2.75, 3.05) is 5.32 Å². The van der Waals surface area contributed by atoms with Gasteiger partial charge < -0.3 is 11.1 Å². The van der Waals surface area contributed by atoms with E-state index in [0.29, 0.717) is 28.2 Å². The van der Waals surface area contributed by atoms with Crippen LogP contribution in [0.15, 0.2) is 71.9 Å². The number of aromatic nitrogens is 1. The van der Waals surface area contributed by atoms with Gasteiger partial charge in [0.2, 0.25) is 0 Å². The fraction of sp³-hybridized carbons (Fsp3) is 0.136. The number of carbonyl (C=O) groups excluding carboxylic acids is 1. The van der Waals surface area contributed by atoms with Crippen molar-refractivity contribution >= 4 is 17.3 Å². The van der Waals surface area contributed by atoms with Crippen molar-refractivity contribution < 1.29 is 9.18 Å². The van der Waals surface area contributed by atoms with Gasteiger partial charge in [-0.15, -0.1) is 0 Å². The summed E-state index contributed by atoms with van der Waals surface area (Å²) >= 11 is 0. The van der Waals surface area contributed by atoms with Crippen molar-refractivity contribution in [2.24, 2.45) is 10.7 Å². The zero-order valence-electron chi connectivity index (χ0n) is 15.3. The zero-order chi connectivity index (χ0) is 19.7. The Hall–Kier alpha value is -3.38. The van der Waals surface area contributed by atoms with Crippen LogP contribution >= 0.6 is 0 Å². The molecule has 3 N–H and O–H groups in total. The molecule has 1 aliphatic rings. The number of amides is 1. The fourth-order valence-corrected chi connectivity index (χ4v) is 3.46. The van der Waals surface area contributed by atoms with Crippen LogP contribution < -0.4 is 11.1 Å². The van der Waals surface area contributed by atoms with Gasteiger partial charge in [-0.05, 0) is 30.7 Å². The number of rotatable bonds is 3. The van der Waals surface area contributed by atoms with Gasteiger partial charge in [0.05, 0.1) is 17.3 Å². The molecule has 1 unspecified atom stereocenters. The number of aliphatic imine (C=N–C) groups is 1. The minimum absolute atomic E-state index is 0.366. The molecule has 2 atom stereocenters. The number of aryl methyl sites for hydroxylation is 1. The van der Waals surface area contributed by atoms with Crippen molar-refractivity contribution in [1.82, 2.24) is 4.98 Å². The first-order valence-corrected chi connectivity index (χ1v) is 8.95. The van der Waals surface area contributed by atoms with Crippen molar-refractivity contribution in [1.29, 1.82) is 0 Å². The third-order valence-electron chi connectivity index (χ3n) is 4.82. The molecule has 2 heterocycles. The molecule has 0 spiro atoms. The first-order valence-electron chi connectivity index (χ1n) is 8.95. The lowest BCUT2D eigenvalue weighted by atomic mass is 9.84. The summed E-state index contributed by atoms with van der Waals surface area (Å²) < 4.78 is 14.9. The van der Waals surface area contributed by atoms with Crippen molar-refractivity contribution in [3.8, 4) is 0 Å². The molecule has 0 bridgehead atoms. The van der Waals surface area contributed by atoms with E-state index >= 15 is 0 Å². The molecule has 0 fully saturated rings.